The molecule has 7 rings (SSSR count). The highest BCUT2D eigenvalue weighted by Crippen LogP contribution is 2.40. The van der Waals surface area contributed by atoms with Crippen molar-refractivity contribution in [1.82, 2.24) is 19.4 Å². The van der Waals surface area contributed by atoms with Gasteiger partial charge in [-0.1, -0.05) is 60.2 Å². The molecule has 3 heterocycles. The number of aromatic nitrogens is 4. The van der Waals surface area contributed by atoms with E-state index in [0.717, 1.165) is 68.7 Å². The van der Waals surface area contributed by atoms with Gasteiger partial charge in [0.2, 0.25) is 0 Å². The molecular formula is C37H37N5O4S. The highest BCUT2D eigenvalue weighted by atomic mass is 32.2. The second kappa shape index (κ2) is 12.5. The first kappa shape index (κ1) is 31.0. The molecule has 240 valence electrons. The number of aliphatic hydroxyl groups is 1. The van der Waals surface area contributed by atoms with Crippen molar-refractivity contribution >= 4 is 32.4 Å². The van der Waals surface area contributed by atoms with Crippen LogP contribution in [0.1, 0.15) is 48.6 Å². The van der Waals surface area contributed by atoms with Crippen molar-refractivity contribution in [2.24, 2.45) is 5.92 Å². The van der Waals surface area contributed by atoms with Gasteiger partial charge in [-0.3, -0.25) is 8.58 Å². The van der Waals surface area contributed by atoms with Gasteiger partial charge in [0.25, 0.3) is 10.1 Å². The number of nitrogen functional groups attached to an aromatic ring is 1. The van der Waals surface area contributed by atoms with Gasteiger partial charge >= 0.3 is 0 Å². The normalized spacial score (nSPS) is 17.7. The van der Waals surface area contributed by atoms with Crippen molar-refractivity contribution in [1.29, 1.82) is 0 Å². The van der Waals surface area contributed by atoms with E-state index in [0.29, 0.717) is 18.7 Å². The maximum absolute atomic E-state index is 12.6. The molecule has 1 aliphatic carbocycles. The predicted octanol–water partition coefficient (Wildman–Crippen LogP) is 6.85. The molecule has 47 heavy (non-hydrogen) atoms. The van der Waals surface area contributed by atoms with E-state index in [-0.39, 0.29) is 23.3 Å². The van der Waals surface area contributed by atoms with E-state index in [2.05, 4.69) is 48.3 Å². The van der Waals surface area contributed by atoms with Gasteiger partial charge in [-0.2, -0.15) is 8.42 Å². The van der Waals surface area contributed by atoms with Crippen LogP contribution in [0.4, 0.5) is 5.82 Å². The Morgan fingerprint density at radius 1 is 0.936 bits per heavy atom. The number of nitrogens with two attached hydrogens (primary N) is 1. The summed E-state index contributed by atoms with van der Waals surface area (Å²) in [5.41, 5.74) is 13.9. The van der Waals surface area contributed by atoms with Gasteiger partial charge in [0, 0.05) is 34.8 Å². The number of imidazole rings is 1. The lowest BCUT2D eigenvalue weighted by Gasteiger charge is -2.30. The Bertz CT molecular complexity index is 2170. The first-order chi connectivity index (χ1) is 22.7. The lowest BCUT2D eigenvalue weighted by atomic mass is 9.79. The largest absolute Gasteiger partial charge is 0.390 e. The molecule has 0 amide bonds. The fourth-order valence-electron chi connectivity index (χ4n) is 6.71. The third kappa shape index (κ3) is 6.12. The van der Waals surface area contributed by atoms with Gasteiger partial charge < -0.3 is 10.8 Å². The molecule has 1 atom stereocenters. The number of anilines is 1. The number of aryl methyl sites for hydroxylation is 2. The molecule has 0 aliphatic heterocycles. The van der Waals surface area contributed by atoms with Gasteiger partial charge in [-0.15, -0.1) is 0 Å². The number of hydrogen-bond donors (Lipinski definition) is 2. The van der Waals surface area contributed by atoms with Gasteiger partial charge in [0.05, 0.1) is 28.8 Å². The zero-order valence-corrected chi connectivity index (χ0v) is 27.2. The summed E-state index contributed by atoms with van der Waals surface area (Å²) < 4.78 is 32.6. The molecule has 6 aromatic rings. The molecular weight excluding hydrogens is 611 g/mol. The third-order valence-electron chi connectivity index (χ3n) is 9.35. The van der Waals surface area contributed by atoms with Crippen LogP contribution in [0.5, 0.6) is 0 Å². The fraction of sp³-hybridized carbons (Fsp3) is 0.270. The Hall–Kier alpha value is -4.64. The highest BCUT2D eigenvalue weighted by Gasteiger charge is 2.31. The summed E-state index contributed by atoms with van der Waals surface area (Å²) in [5.74, 6) is 1.35. The van der Waals surface area contributed by atoms with Crippen molar-refractivity contribution in [2.45, 2.75) is 56.4 Å². The fourth-order valence-corrected chi connectivity index (χ4v) is 7.64. The Balaban J connectivity index is 1.12. The molecule has 3 aromatic carbocycles. The monoisotopic (exact) mass is 647 g/mol. The van der Waals surface area contributed by atoms with Gasteiger partial charge in [-0.05, 0) is 75.3 Å². The second-order valence-electron chi connectivity index (χ2n) is 12.5. The SMILES string of the molecule is Cc1ccc(S(=O)(=O)OCC(O)C2CCC(c3nc(-c4ccc5c(C)cc(-c6ccccc6)nc5c4)c4c(N)nccn34)CC2)cc1. The first-order valence-electron chi connectivity index (χ1n) is 15.9. The molecule has 0 radical (unpaired) electrons. The number of hydrogen-bond acceptors (Lipinski definition) is 8. The minimum Gasteiger partial charge on any atom is -0.390 e. The second-order valence-corrected chi connectivity index (χ2v) is 14.1. The van der Waals surface area contributed by atoms with Crippen LogP contribution < -0.4 is 5.73 Å². The molecule has 10 heteroatoms. The number of benzene rings is 3. The number of aliphatic hydroxyl groups excluding tert-OH is 1. The van der Waals surface area contributed by atoms with Crippen LogP contribution in [0.15, 0.2) is 96.2 Å². The summed E-state index contributed by atoms with van der Waals surface area (Å²) in [4.78, 5) is 14.7. The smallest absolute Gasteiger partial charge is 0.297 e. The van der Waals surface area contributed by atoms with Crippen LogP contribution >= 0.6 is 0 Å². The molecule has 9 nitrogen and oxygen atoms in total. The number of pyridine rings is 1. The Morgan fingerprint density at radius 3 is 2.43 bits per heavy atom. The van der Waals surface area contributed by atoms with E-state index < -0.39 is 16.2 Å². The number of nitrogens with zero attached hydrogens (tertiary/aromatic N) is 4. The van der Waals surface area contributed by atoms with Gasteiger partial charge in [-0.25, -0.2) is 15.0 Å². The number of rotatable bonds is 8. The van der Waals surface area contributed by atoms with E-state index in [1.54, 1.807) is 18.3 Å². The van der Waals surface area contributed by atoms with E-state index in [9.17, 15) is 13.5 Å². The average molecular weight is 648 g/mol. The van der Waals surface area contributed by atoms with Crippen LogP contribution in [-0.2, 0) is 14.3 Å². The zero-order chi connectivity index (χ0) is 32.7. The minimum atomic E-state index is -3.95. The Kier molecular flexibility index (Phi) is 8.25. The summed E-state index contributed by atoms with van der Waals surface area (Å²) >= 11 is 0. The molecule has 3 N–H and O–H groups in total. The average Bonchev–Trinajstić information content (AvgIpc) is 3.49. The van der Waals surface area contributed by atoms with E-state index >= 15 is 0 Å². The standard InChI is InChI=1S/C37H37N5O4S/c1-23-8-15-29(16-9-23)47(44,45)46-22-33(43)26-10-12-27(13-11-26)37-41-34(35-36(38)39-18-19-42(35)37)28-14-17-30-24(2)20-31(40-32(30)21-28)25-6-4-3-5-7-25/h3-9,14-21,26-27,33,43H,10-13,22H2,1-2H3,(H2,38,39). The van der Waals surface area contributed by atoms with Crippen molar-refractivity contribution in [3.05, 3.63) is 108 Å². The van der Waals surface area contributed by atoms with Crippen molar-refractivity contribution in [3.8, 4) is 22.5 Å². The molecule has 0 spiro atoms. The molecule has 1 unspecified atom stereocenters. The Morgan fingerprint density at radius 2 is 1.68 bits per heavy atom. The quantitative estimate of drug-likeness (QED) is 0.171. The summed E-state index contributed by atoms with van der Waals surface area (Å²) in [5, 5.41) is 12.0. The van der Waals surface area contributed by atoms with Crippen molar-refractivity contribution in [2.75, 3.05) is 12.3 Å². The molecule has 1 fully saturated rings. The van der Waals surface area contributed by atoms with Crippen molar-refractivity contribution in [3.63, 3.8) is 0 Å². The van der Waals surface area contributed by atoms with E-state index in [4.69, 9.17) is 19.9 Å². The third-order valence-corrected chi connectivity index (χ3v) is 10.7. The summed E-state index contributed by atoms with van der Waals surface area (Å²) in [6.07, 6.45) is 5.70. The molecule has 3 aromatic heterocycles. The van der Waals surface area contributed by atoms with Gasteiger partial charge in [0.1, 0.15) is 22.9 Å². The maximum Gasteiger partial charge on any atom is 0.297 e. The number of fused-ring (bicyclic) bond motifs is 2. The first-order valence-corrected chi connectivity index (χ1v) is 17.3. The zero-order valence-electron chi connectivity index (χ0n) is 26.4. The topological polar surface area (TPSA) is 133 Å². The van der Waals surface area contributed by atoms with Crippen LogP contribution in [0, 0.1) is 19.8 Å². The lowest BCUT2D eigenvalue weighted by molar-refractivity contribution is 0.0404. The minimum absolute atomic E-state index is 0.0782. The maximum atomic E-state index is 12.6. The van der Waals surface area contributed by atoms with E-state index in [1.807, 2.05) is 35.7 Å². The Labute approximate surface area is 274 Å². The van der Waals surface area contributed by atoms with Crippen LogP contribution in [0.25, 0.3) is 38.9 Å². The van der Waals surface area contributed by atoms with Gasteiger partial charge in [0.15, 0.2) is 0 Å². The summed E-state index contributed by atoms with van der Waals surface area (Å²) in [6.45, 7) is 3.72. The van der Waals surface area contributed by atoms with E-state index in [1.165, 1.54) is 12.1 Å². The summed E-state index contributed by atoms with van der Waals surface area (Å²) in [6, 6.07) is 25.0. The summed E-state index contributed by atoms with van der Waals surface area (Å²) in [7, 11) is -3.95. The van der Waals surface area contributed by atoms with Crippen LogP contribution in [0.2, 0.25) is 0 Å². The van der Waals surface area contributed by atoms with Crippen LogP contribution in [-0.4, -0.2) is 45.6 Å². The lowest BCUT2D eigenvalue weighted by Crippen LogP contribution is -2.30. The van der Waals surface area contributed by atoms with Crippen molar-refractivity contribution < 1.29 is 17.7 Å². The molecule has 1 aliphatic rings. The molecule has 0 bridgehead atoms. The highest BCUT2D eigenvalue weighted by molar-refractivity contribution is 7.86. The predicted molar refractivity (Wildman–Crippen MR) is 183 cm³/mol. The van der Waals surface area contributed by atoms with Crippen LogP contribution in [0.3, 0.4) is 0 Å². The molecule has 1 saturated carbocycles. The molecule has 0 saturated heterocycles.